The van der Waals surface area contributed by atoms with E-state index in [1.165, 1.54) is 0 Å². The predicted octanol–water partition coefficient (Wildman–Crippen LogP) is 1.38. The van der Waals surface area contributed by atoms with Crippen LogP contribution in [0.15, 0.2) is 24.3 Å². The van der Waals surface area contributed by atoms with Crippen LogP contribution in [-0.4, -0.2) is 27.2 Å². The van der Waals surface area contributed by atoms with Crippen LogP contribution < -0.4 is 10.5 Å². The molecule has 5 nitrogen and oxygen atoms in total. The molecule has 114 valence electrons. The van der Waals surface area contributed by atoms with Crippen molar-refractivity contribution in [3.63, 3.8) is 0 Å². The fourth-order valence-corrected chi connectivity index (χ4v) is 3.24. The van der Waals surface area contributed by atoms with Crippen LogP contribution in [0.5, 0.6) is 0 Å². The van der Waals surface area contributed by atoms with E-state index in [4.69, 9.17) is 10.5 Å². The molecule has 0 radical (unpaired) electrons. The molecule has 0 aromatic heterocycles. The van der Waals surface area contributed by atoms with Gasteiger partial charge in [-0.3, -0.25) is 0 Å². The minimum Gasteiger partial charge on any atom is -0.375 e. The third-order valence-corrected chi connectivity index (χ3v) is 4.21. The van der Waals surface area contributed by atoms with Gasteiger partial charge in [0.25, 0.3) is 0 Å². The number of rotatable bonds is 8. The number of hydrogen-bond donors (Lipinski definition) is 2. The molecule has 20 heavy (non-hydrogen) atoms. The highest BCUT2D eigenvalue weighted by Crippen LogP contribution is 2.13. The zero-order chi connectivity index (χ0) is 15.2. The van der Waals surface area contributed by atoms with Gasteiger partial charge in [0, 0.05) is 19.7 Å². The number of ether oxygens (including phenoxy) is 1. The standard InChI is InChI=1S/C14H24N2O3S/c1-4-19-14(2,3)11-16-20(17,18)10-13-8-6-5-7-12(13)9-15/h5-8,16H,4,9-11,15H2,1-3H3. The molecule has 1 rings (SSSR count). The van der Waals surface area contributed by atoms with Gasteiger partial charge in [-0.15, -0.1) is 0 Å². The van der Waals surface area contributed by atoms with Crippen LogP contribution in [-0.2, 0) is 27.1 Å². The summed E-state index contributed by atoms with van der Waals surface area (Å²) in [5, 5.41) is 0. The van der Waals surface area contributed by atoms with E-state index < -0.39 is 15.6 Å². The maximum atomic E-state index is 12.1. The van der Waals surface area contributed by atoms with Crippen molar-refractivity contribution < 1.29 is 13.2 Å². The van der Waals surface area contributed by atoms with Crippen molar-refractivity contribution in [1.82, 2.24) is 4.72 Å². The first-order valence-corrected chi connectivity index (χ1v) is 8.33. The number of benzene rings is 1. The Kier molecular flexibility index (Phi) is 6.13. The molecule has 0 atom stereocenters. The Balaban J connectivity index is 2.71. The summed E-state index contributed by atoms with van der Waals surface area (Å²) >= 11 is 0. The normalized spacial score (nSPS) is 12.6. The lowest BCUT2D eigenvalue weighted by Crippen LogP contribution is -2.40. The van der Waals surface area contributed by atoms with Crippen LogP contribution >= 0.6 is 0 Å². The molecule has 0 bridgehead atoms. The molecule has 6 heteroatoms. The van der Waals surface area contributed by atoms with Crippen LogP contribution in [0.2, 0.25) is 0 Å². The first-order valence-electron chi connectivity index (χ1n) is 6.68. The van der Waals surface area contributed by atoms with Gasteiger partial charge in [-0.05, 0) is 31.9 Å². The molecular weight excluding hydrogens is 276 g/mol. The summed E-state index contributed by atoms with van der Waals surface area (Å²) in [5.74, 6) is -0.0669. The smallest absolute Gasteiger partial charge is 0.215 e. The highest BCUT2D eigenvalue weighted by Gasteiger charge is 2.22. The molecule has 0 aliphatic carbocycles. The molecule has 0 aliphatic heterocycles. The lowest BCUT2D eigenvalue weighted by molar-refractivity contribution is -0.00515. The van der Waals surface area contributed by atoms with E-state index in [0.29, 0.717) is 13.2 Å². The van der Waals surface area contributed by atoms with Gasteiger partial charge in [-0.2, -0.15) is 0 Å². The van der Waals surface area contributed by atoms with Crippen LogP contribution in [0.3, 0.4) is 0 Å². The Bertz CT molecular complexity index is 527. The van der Waals surface area contributed by atoms with Crippen molar-refractivity contribution in [2.24, 2.45) is 5.73 Å². The van der Waals surface area contributed by atoms with E-state index in [9.17, 15) is 8.42 Å². The molecule has 0 fully saturated rings. The van der Waals surface area contributed by atoms with E-state index in [0.717, 1.165) is 11.1 Å². The quantitative estimate of drug-likeness (QED) is 0.760. The molecular formula is C14H24N2O3S. The van der Waals surface area contributed by atoms with E-state index in [2.05, 4.69) is 4.72 Å². The number of nitrogens with two attached hydrogens (primary N) is 1. The van der Waals surface area contributed by atoms with E-state index in [1.807, 2.05) is 39.0 Å². The molecule has 0 amide bonds. The van der Waals surface area contributed by atoms with Crippen molar-refractivity contribution in [1.29, 1.82) is 0 Å². The summed E-state index contributed by atoms with van der Waals surface area (Å²) in [6.07, 6.45) is 0. The average molecular weight is 300 g/mol. The van der Waals surface area contributed by atoms with Gasteiger partial charge >= 0.3 is 0 Å². The number of nitrogens with one attached hydrogen (secondary N) is 1. The monoisotopic (exact) mass is 300 g/mol. The topological polar surface area (TPSA) is 81.4 Å². The third-order valence-electron chi connectivity index (χ3n) is 2.94. The molecule has 0 spiro atoms. The molecule has 0 aliphatic rings. The predicted molar refractivity (Wildman–Crippen MR) is 80.7 cm³/mol. The van der Waals surface area contributed by atoms with Crippen molar-refractivity contribution >= 4 is 10.0 Å². The Hall–Kier alpha value is -0.950. The minimum absolute atomic E-state index is 0.0669. The van der Waals surface area contributed by atoms with E-state index in [-0.39, 0.29) is 12.3 Å². The van der Waals surface area contributed by atoms with Gasteiger partial charge < -0.3 is 10.5 Å². The fraction of sp³-hybridized carbons (Fsp3) is 0.571. The van der Waals surface area contributed by atoms with Gasteiger partial charge in [0.15, 0.2) is 0 Å². The Morgan fingerprint density at radius 3 is 2.40 bits per heavy atom. The minimum atomic E-state index is -3.40. The summed E-state index contributed by atoms with van der Waals surface area (Å²) in [6, 6.07) is 7.29. The highest BCUT2D eigenvalue weighted by atomic mass is 32.2. The molecule has 0 heterocycles. The highest BCUT2D eigenvalue weighted by molar-refractivity contribution is 7.88. The Morgan fingerprint density at radius 1 is 1.25 bits per heavy atom. The molecule has 1 aromatic carbocycles. The summed E-state index contributed by atoms with van der Waals surface area (Å²) in [6.45, 7) is 6.71. The lowest BCUT2D eigenvalue weighted by atomic mass is 10.1. The number of hydrogen-bond acceptors (Lipinski definition) is 4. The maximum Gasteiger partial charge on any atom is 0.215 e. The van der Waals surface area contributed by atoms with Crippen molar-refractivity contribution in [3.8, 4) is 0 Å². The van der Waals surface area contributed by atoms with Crippen LogP contribution in [0, 0.1) is 0 Å². The second-order valence-corrected chi connectivity index (χ2v) is 7.05. The van der Waals surface area contributed by atoms with Gasteiger partial charge in [0.05, 0.1) is 11.4 Å². The molecule has 0 saturated heterocycles. The van der Waals surface area contributed by atoms with Crippen LogP contribution in [0.4, 0.5) is 0 Å². The summed E-state index contributed by atoms with van der Waals surface area (Å²) in [5.41, 5.74) is 6.68. The molecule has 1 aromatic rings. The average Bonchev–Trinajstić information content (AvgIpc) is 2.37. The maximum absolute atomic E-state index is 12.1. The zero-order valence-corrected chi connectivity index (χ0v) is 13.2. The summed E-state index contributed by atoms with van der Waals surface area (Å²) in [7, 11) is -3.40. The van der Waals surface area contributed by atoms with Crippen LogP contribution in [0.25, 0.3) is 0 Å². The molecule has 0 saturated carbocycles. The third kappa shape index (κ3) is 5.58. The van der Waals surface area contributed by atoms with Crippen molar-refractivity contribution in [2.75, 3.05) is 13.2 Å². The summed E-state index contributed by atoms with van der Waals surface area (Å²) in [4.78, 5) is 0. The van der Waals surface area contributed by atoms with E-state index >= 15 is 0 Å². The number of sulfonamides is 1. The second-order valence-electron chi connectivity index (χ2n) is 5.25. The van der Waals surface area contributed by atoms with E-state index in [1.54, 1.807) is 6.07 Å². The first-order chi connectivity index (χ1) is 9.29. The zero-order valence-electron chi connectivity index (χ0n) is 12.3. The van der Waals surface area contributed by atoms with Gasteiger partial charge in [0.1, 0.15) is 0 Å². The van der Waals surface area contributed by atoms with Gasteiger partial charge in [-0.1, -0.05) is 24.3 Å². The largest absolute Gasteiger partial charge is 0.375 e. The lowest BCUT2D eigenvalue weighted by Gasteiger charge is -2.24. The summed E-state index contributed by atoms with van der Waals surface area (Å²) < 4.78 is 32.3. The SMILES string of the molecule is CCOC(C)(C)CNS(=O)(=O)Cc1ccccc1CN. The van der Waals surface area contributed by atoms with Gasteiger partial charge in [-0.25, -0.2) is 13.1 Å². The van der Waals surface area contributed by atoms with Crippen molar-refractivity contribution in [3.05, 3.63) is 35.4 Å². The fourth-order valence-electron chi connectivity index (χ4n) is 1.88. The second kappa shape index (κ2) is 7.17. The van der Waals surface area contributed by atoms with Crippen molar-refractivity contribution in [2.45, 2.75) is 38.7 Å². The molecule has 0 unspecified atom stereocenters. The molecule has 3 N–H and O–H groups in total. The van der Waals surface area contributed by atoms with Crippen LogP contribution in [0.1, 0.15) is 31.9 Å². The Labute approximate surface area is 121 Å². The van der Waals surface area contributed by atoms with Gasteiger partial charge in [0.2, 0.25) is 10.0 Å². The first kappa shape index (κ1) is 17.1. The Morgan fingerprint density at radius 2 is 1.85 bits per heavy atom.